The van der Waals surface area contributed by atoms with E-state index in [-0.39, 0.29) is 13.2 Å². The summed E-state index contributed by atoms with van der Waals surface area (Å²) in [5.74, 6) is 0.578. The van der Waals surface area contributed by atoms with Crippen LogP contribution in [-0.4, -0.2) is 73.8 Å². The molecule has 0 radical (unpaired) electrons. The lowest BCUT2D eigenvalue weighted by Crippen LogP contribution is -2.47. The minimum Gasteiger partial charge on any atom is -0.490 e. The maximum atomic E-state index is 12.4. The SMILES string of the molecule is CNCCC[C@H](N)C(=O)N[C@@H](C)C(=O)OCCOc1ccc(-c2c(C#N)c(SCc3csc(-c4ccc(Cl)cc4)n3)nc(N3CCCC3)c2C#N)cc1. The van der Waals surface area contributed by atoms with Crippen molar-refractivity contribution in [3.05, 3.63) is 75.8 Å². The molecule has 4 aromatic rings. The number of hydrogen-bond donors (Lipinski definition) is 3. The second-order valence-electron chi connectivity index (χ2n) is 12.3. The van der Waals surface area contributed by atoms with E-state index in [9.17, 15) is 20.1 Å². The van der Waals surface area contributed by atoms with Gasteiger partial charge in [-0.05, 0) is 76.0 Å². The highest BCUT2D eigenvalue weighted by molar-refractivity contribution is 7.98. The fourth-order valence-electron chi connectivity index (χ4n) is 5.71. The molecule has 0 bridgehead atoms. The summed E-state index contributed by atoms with van der Waals surface area (Å²) in [7, 11) is 1.83. The third kappa shape index (κ3) is 10.5. The highest BCUT2D eigenvalue weighted by Gasteiger charge is 2.27. The van der Waals surface area contributed by atoms with Crippen molar-refractivity contribution in [3.63, 3.8) is 0 Å². The fourth-order valence-corrected chi connectivity index (χ4v) is 7.64. The first-order valence-corrected chi connectivity index (χ1v) is 19.5. The Labute approximate surface area is 322 Å². The molecule has 2 aromatic heterocycles. The van der Waals surface area contributed by atoms with Gasteiger partial charge in [-0.3, -0.25) is 4.79 Å². The van der Waals surface area contributed by atoms with Crippen molar-refractivity contribution in [2.24, 2.45) is 5.73 Å². The summed E-state index contributed by atoms with van der Waals surface area (Å²) >= 11 is 9.02. The molecule has 3 heterocycles. The van der Waals surface area contributed by atoms with Crippen LogP contribution in [0.3, 0.4) is 0 Å². The Balaban J connectivity index is 1.26. The first-order valence-electron chi connectivity index (χ1n) is 17.3. The van der Waals surface area contributed by atoms with Gasteiger partial charge in [0.2, 0.25) is 5.91 Å². The van der Waals surface area contributed by atoms with E-state index in [1.165, 1.54) is 23.1 Å². The number of nitrogens with two attached hydrogens (primary N) is 1. The number of halogens is 1. The zero-order valence-electron chi connectivity index (χ0n) is 29.6. The Morgan fingerprint density at radius 1 is 1.04 bits per heavy atom. The molecule has 53 heavy (non-hydrogen) atoms. The van der Waals surface area contributed by atoms with Crippen molar-refractivity contribution < 1.29 is 19.1 Å². The van der Waals surface area contributed by atoms with E-state index in [1.807, 2.05) is 36.7 Å². The summed E-state index contributed by atoms with van der Waals surface area (Å²) in [6.45, 7) is 3.89. The van der Waals surface area contributed by atoms with Crippen LogP contribution in [0.4, 0.5) is 5.82 Å². The molecule has 15 heteroatoms. The number of nitrogens with one attached hydrogen (secondary N) is 2. The summed E-state index contributed by atoms with van der Waals surface area (Å²) in [5, 5.41) is 30.5. The number of thioether (sulfide) groups is 1. The monoisotopic (exact) mass is 772 g/mol. The number of nitrogens with zero attached hydrogens (tertiary/aromatic N) is 5. The molecule has 1 fully saturated rings. The maximum absolute atomic E-state index is 12.4. The number of hydrogen-bond acceptors (Lipinski definition) is 13. The number of ether oxygens (including phenoxy) is 2. The predicted molar refractivity (Wildman–Crippen MR) is 208 cm³/mol. The Bertz CT molecular complexity index is 1950. The molecule has 2 aromatic carbocycles. The molecule has 5 rings (SSSR count). The predicted octanol–water partition coefficient (Wildman–Crippen LogP) is 5.91. The van der Waals surface area contributed by atoms with Gasteiger partial charge in [-0.15, -0.1) is 11.3 Å². The molecule has 0 unspecified atom stereocenters. The zero-order valence-corrected chi connectivity index (χ0v) is 32.0. The molecule has 0 saturated carbocycles. The largest absolute Gasteiger partial charge is 0.490 e. The average molecular weight is 773 g/mol. The minimum absolute atomic E-state index is 0.0313. The summed E-state index contributed by atoms with van der Waals surface area (Å²) in [5.41, 5.74) is 9.62. The number of amides is 1. The lowest BCUT2D eigenvalue weighted by Gasteiger charge is -2.22. The van der Waals surface area contributed by atoms with Crippen molar-refractivity contribution in [2.45, 2.75) is 55.5 Å². The minimum atomic E-state index is -0.858. The van der Waals surface area contributed by atoms with E-state index in [0.717, 1.165) is 55.2 Å². The zero-order chi connectivity index (χ0) is 37.7. The van der Waals surface area contributed by atoms with E-state index in [0.29, 0.717) is 56.0 Å². The molecule has 1 saturated heterocycles. The van der Waals surface area contributed by atoms with Gasteiger partial charge in [-0.25, -0.2) is 14.8 Å². The van der Waals surface area contributed by atoms with Crippen LogP contribution in [-0.2, 0) is 20.1 Å². The maximum Gasteiger partial charge on any atom is 0.328 e. The van der Waals surface area contributed by atoms with E-state index in [1.54, 1.807) is 31.2 Å². The van der Waals surface area contributed by atoms with E-state index < -0.39 is 24.0 Å². The van der Waals surface area contributed by atoms with Gasteiger partial charge in [0, 0.05) is 40.4 Å². The fraction of sp³-hybridized carbons (Fsp3) is 0.368. The average Bonchev–Trinajstić information content (AvgIpc) is 3.89. The van der Waals surface area contributed by atoms with Crippen LogP contribution < -0.4 is 26.0 Å². The molecular weight excluding hydrogens is 732 g/mol. The van der Waals surface area contributed by atoms with Crippen LogP contribution in [0, 0.1) is 22.7 Å². The number of anilines is 1. The molecule has 1 aliphatic heterocycles. The summed E-state index contributed by atoms with van der Waals surface area (Å²) in [6.07, 6.45) is 3.23. The van der Waals surface area contributed by atoms with Gasteiger partial charge in [0.25, 0.3) is 0 Å². The summed E-state index contributed by atoms with van der Waals surface area (Å²) < 4.78 is 11.1. The van der Waals surface area contributed by atoms with Crippen LogP contribution in [0.5, 0.6) is 5.75 Å². The third-order valence-electron chi connectivity index (χ3n) is 8.50. The van der Waals surface area contributed by atoms with Crippen LogP contribution in [0.25, 0.3) is 21.7 Å². The number of aromatic nitrogens is 2. The quantitative estimate of drug-likeness (QED) is 0.0657. The molecule has 0 aliphatic carbocycles. The number of esters is 1. The molecule has 4 N–H and O–H groups in total. The molecule has 1 amide bonds. The van der Waals surface area contributed by atoms with Crippen molar-refractivity contribution in [1.82, 2.24) is 20.6 Å². The number of benzene rings is 2. The smallest absolute Gasteiger partial charge is 0.328 e. The highest BCUT2D eigenvalue weighted by Crippen LogP contribution is 2.40. The first-order chi connectivity index (χ1) is 25.7. The van der Waals surface area contributed by atoms with E-state index in [2.05, 4.69) is 27.7 Å². The number of rotatable bonds is 17. The standard InChI is InChI=1S/C38H41ClN8O4S2/c1-24(44-35(48)32(42)6-5-15-43-2)38(49)51-19-18-50-29-13-9-25(10-14-29)33-30(20-40)34(47-16-3-4-17-47)46-37(31(33)21-41)53-23-28-22-52-36(45-28)26-7-11-27(39)12-8-26/h7-14,22,24,32,43H,3-6,15-19,23,42H2,1-2H3,(H,44,48)/t24-,32-/m0/s1. The number of carbonyl (C=O) groups excluding carboxylic acids is 2. The summed E-state index contributed by atoms with van der Waals surface area (Å²) in [6, 6.07) is 17.7. The second kappa shape index (κ2) is 19.4. The molecular formula is C38H41ClN8O4S2. The van der Waals surface area contributed by atoms with Crippen molar-refractivity contribution in [3.8, 4) is 39.6 Å². The number of thiazole rings is 1. The molecule has 276 valence electrons. The van der Waals surface area contributed by atoms with E-state index >= 15 is 0 Å². The summed E-state index contributed by atoms with van der Waals surface area (Å²) in [4.78, 5) is 36.5. The van der Waals surface area contributed by atoms with Gasteiger partial charge in [0.1, 0.15) is 58.6 Å². The van der Waals surface area contributed by atoms with Gasteiger partial charge < -0.3 is 30.7 Å². The number of nitriles is 2. The van der Waals surface area contributed by atoms with Gasteiger partial charge in [-0.2, -0.15) is 10.5 Å². The molecule has 1 aliphatic rings. The van der Waals surface area contributed by atoms with Crippen molar-refractivity contribution in [2.75, 3.05) is 44.8 Å². The van der Waals surface area contributed by atoms with Crippen LogP contribution in [0.1, 0.15) is 49.4 Å². The molecule has 2 atom stereocenters. The van der Waals surface area contributed by atoms with Gasteiger partial charge >= 0.3 is 5.97 Å². The van der Waals surface area contributed by atoms with E-state index in [4.69, 9.17) is 36.8 Å². The first kappa shape index (κ1) is 39.5. The third-order valence-corrected chi connectivity index (χ3v) is 10.7. The van der Waals surface area contributed by atoms with Crippen LogP contribution in [0.15, 0.2) is 58.9 Å². The van der Waals surface area contributed by atoms with Crippen molar-refractivity contribution in [1.29, 1.82) is 10.5 Å². The normalized spacial score (nSPS) is 13.5. The Morgan fingerprint density at radius 3 is 2.42 bits per heavy atom. The lowest BCUT2D eigenvalue weighted by atomic mass is 9.96. The second-order valence-corrected chi connectivity index (χ2v) is 14.6. The lowest BCUT2D eigenvalue weighted by molar-refractivity contribution is -0.148. The molecule has 0 spiro atoms. The topological polar surface area (TPSA) is 179 Å². The van der Waals surface area contributed by atoms with Crippen molar-refractivity contribution >= 4 is 52.4 Å². The van der Waals surface area contributed by atoms with Gasteiger partial charge in [0.15, 0.2) is 0 Å². The van der Waals surface area contributed by atoms with Crippen LogP contribution >= 0.6 is 34.7 Å². The Kier molecular flexibility index (Phi) is 14.5. The van der Waals surface area contributed by atoms with Crippen LogP contribution in [0.2, 0.25) is 5.02 Å². The Morgan fingerprint density at radius 2 is 1.74 bits per heavy atom. The van der Waals surface area contributed by atoms with Gasteiger partial charge in [0.05, 0.1) is 17.3 Å². The Hall–Kier alpha value is -4.70. The highest BCUT2D eigenvalue weighted by atomic mass is 35.5. The molecule has 12 nitrogen and oxygen atoms in total. The number of pyridine rings is 1. The number of carbonyl (C=O) groups is 2. The van der Waals surface area contributed by atoms with Gasteiger partial charge in [-0.1, -0.05) is 47.6 Å².